The number of hydrogen-bond donors (Lipinski definition) is 0. The number of carbonyl (C=O) groups is 2. The number of nitrogens with zero attached hydrogens (tertiary/aromatic N) is 1. The molecule has 2 atom stereocenters. The van der Waals surface area contributed by atoms with Crippen molar-refractivity contribution in [1.82, 2.24) is 4.90 Å². The summed E-state index contributed by atoms with van der Waals surface area (Å²) in [7, 11) is 4.17. The summed E-state index contributed by atoms with van der Waals surface area (Å²) in [5, 5.41) is 0. The fourth-order valence-electron chi connectivity index (χ4n) is 1.83. The molecule has 0 spiro atoms. The van der Waals surface area contributed by atoms with Crippen molar-refractivity contribution < 1.29 is 23.8 Å². The van der Waals surface area contributed by atoms with E-state index in [9.17, 15) is 9.59 Å². The van der Waals surface area contributed by atoms with Gasteiger partial charge in [-0.2, -0.15) is 0 Å². The molecule has 16 heavy (non-hydrogen) atoms. The number of hydrogen-bond acceptors (Lipinski definition) is 5. The first-order valence-electron chi connectivity index (χ1n) is 5.09. The van der Waals surface area contributed by atoms with Crippen LogP contribution in [0, 0.1) is 0 Å². The van der Waals surface area contributed by atoms with Crippen molar-refractivity contribution in [2.75, 3.05) is 27.9 Å². The Morgan fingerprint density at radius 2 is 1.81 bits per heavy atom. The lowest BCUT2D eigenvalue weighted by Gasteiger charge is -2.36. The van der Waals surface area contributed by atoms with Crippen molar-refractivity contribution in [3.63, 3.8) is 0 Å². The van der Waals surface area contributed by atoms with Gasteiger partial charge in [-0.1, -0.05) is 0 Å². The second-order valence-electron chi connectivity index (χ2n) is 3.60. The van der Waals surface area contributed by atoms with Crippen molar-refractivity contribution in [1.29, 1.82) is 0 Å². The molecule has 1 fully saturated rings. The van der Waals surface area contributed by atoms with E-state index in [4.69, 9.17) is 4.74 Å². The zero-order valence-corrected chi connectivity index (χ0v) is 9.76. The van der Waals surface area contributed by atoms with Gasteiger partial charge < -0.3 is 14.2 Å². The van der Waals surface area contributed by atoms with Crippen LogP contribution in [0.4, 0.5) is 4.79 Å². The highest BCUT2D eigenvalue weighted by Gasteiger charge is 2.37. The van der Waals surface area contributed by atoms with E-state index < -0.39 is 18.1 Å². The first-order valence-corrected chi connectivity index (χ1v) is 5.09. The Labute approximate surface area is 94.4 Å². The molecule has 1 rings (SSSR count). The molecule has 1 aliphatic rings. The molecule has 0 unspecified atom stereocenters. The second-order valence-corrected chi connectivity index (χ2v) is 3.60. The Hall–Kier alpha value is -1.30. The minimum atomic E-state index is -0.566. The van der Waals surface area contributed by atoms with Gasteiger partial charge in [-0.25, -0.2) is 9.59 Å². The van der Waals surface area contributed by atoms with Gasteiger partial charge in [0.05, 0.1) is 26.9 Å². The van der Waals surface area contributed by atoms with Crippen molar-refractivity contribution in [3.05, 3.63) is 0 Å². The molecule has 1 amide bonds. The predicted octanol–water partition coefficient (Wildman–Crippen LogP) is 0.405. The minimum absolute atomic E-state index is 0.0555. The number of ether oxygens (including phenoxy) is 3. The third kappa shape index (κ3) is 2.63. The number of esters is 1. The summed E-state index contributed by atoms with van der Waals surface area (Å²) in [6.07, 6.45) is 0.668. The maximum absolute atomic E-state index is 11.5. The third-order valence-corrected chi connectivity index (χ3v) is 2.75. The third-order valence-electron chi connectivity index (χ3n) is 2.75. The Morgan fingerprint density at radius 3 is 2.31 bits per heavy atom. The molecule has 0 radical (unpaired) electrons. The van der Waals surface area contributed by atoms with Crippen LogP contribution >= 0.6 is 0 Å². The number of amides is 1. The molecule has 0 aliphatic carbocycles. The molecule has 0 aromatic carbocycles. The number of piperidine rings is 1. The maximum Gasteiger partial charge on any atom is 0.410 e. The van der Waals surface area contributed by atoms with E-state index in [1.54, 1.807) is 7.11 Å². The summed E-state index contributed by atoms with van der Waals surface area (Å²) >= 11 is 0. The van der Waals surface area contributed by atoms with Crippen LogP contribution in [0.2, 0.25) is 0 Å². The highest BCUT2D eigenvalue weighted by molar-refractivity contribution is 5.81. The van der Waals surface area contributed by atoms with Gasteiger partial charge in [0.15, 0.2) is 0 Å². The number of carbonyl (C=O) groups excluding carboxylic acids is 2. The van der Waals surface area contributed by atoms with Crippen molar-refractivity contribution in [2.24, 2.45) is 0 Å². The lowest BCUT2D eigenvalue weighted by molar-refractivity contribution is -0.149. The van der Waals surface area contributed by atoms with Crippen LogP contribution in [0.3, 0.4) is 0 Å². The molecule has 6 heteroatoms. The van der Waals surface area contributed by atoms with Gasteiger partial charge in [0.2, 0.25) is 0 Å². The Kier molecular flexibility index (Phi) is 4.54. The Bertz CT molecular complexity index is 268. The number of methoxy groups -OCH3 is 3. The van der Waals surface area contributed by atoms with Crippen LogP contribution in [0.5, 0.6) is 0 Å². The predicted molar refractivity (Wildman–Crippen MR) is 54.9 cm³/mol. The van der Waals surface area contributed by atoms with Gasteiger partial charge in [-0.05, 0) is 12.8 Å². The zero-order valence-electron chi connectivity index (χ0n) is 9.76. The van der Waals surface area contributed by atoms with Crippen LogP contribution in [-0.2, 0) is 19.0 Å². The molecule has 0 N–H and O–H groups in total. The smallest absolute Gasteiger partial charge is 0.410 e. The molecule has 0 aromatic heterocycles. The van der Waals surface area contributed by atoms with Gasteiger partial charge in [0, 0.05) is 7.11 Å². The summed E-state index contributed by atoms with van der Waals surface area (Å²) in [6.45, 7) is 0.350. The molecule has 0 saturated carbocycles. The van der Waals surface area contributed by atoms with E-state index in [0.29, 0.717) is 13.0 Å². The van der Waals surface area contributed by atoms with Crippen LogP contribution in [0.25, 0.3) is 0 Å². The number of rotatable bonds is 2. The first-order chi connectivity index (χ1) is 7.63. The molecule has 6 nitrogen and oxygen atoms in total. The maximum atomic E-state index is 11.5. The molecule has 92 valence electrons. The molecular formula is C10H17NO5. The summed E-state index contributed by atoms with van der Waals surface area (Å²) in [5.41, 5.74) is 0. The molecular weight excluding hydrogens is 214 g/mol. The quantitative estimate of drug-likeness (QED) is 0.644. The van der Waals surface area contributed by atoms with Crippen LogP contribution in [0.1, 0.15) is 12.8 Å². The SMILES string of the molecule is COC(=O)[C@@H]1CC[C@@H](OC)CN1C(=O)OC. The van der Waals surface area contributed by atoms with Gasteiger partial charge in [0.25, 0.3) is 0 Å². The minimum Gasteiger partial charge on any atom is -0.467 e. The Balaban J connectivity index is 2.75. The van der Waals surface area contributed by atoms with E-state index in [2.05, 4.69) is 9.47 Å². The lowest BCUT2D eigenvalue weighted by Crippen LogP contribution is -2.52. The zero-order chi connectivity index (χ0) is 12.1. The fourth-order valence-corrected chi connectivity index (χ4v) is 1.83. The average molecular weight is 231 g/mol. The molecule has 1 saturated heterocycles. The monoisotopic (exact) mass is 231 g/mol. The summed E-state index contributed by atoms with van der Waals surface area (Å²) in [5.74, 6) is -0.417. The Morgan fingerprint density at radius 1 is 1.12 bits per heavy atom. The molecule has 1 heterocycles. The van der Waals surface area contributed by atoms with Gasteiger partial charge in [0.1, 0.15) is 6.04 Å². The first kappa shape index (κ1) is 12.8. The molecule has 0 bridgehead atoms. The second kappa shape index (κ2) is 5.69. The van der Waals surface area contributed by atoms with Gasteiger partial charge >= 0.3 is 12.1 Å². The molecule has 0 aromatic rings. The highest BCUT2D eigenvalue weighted by atomic mass is 16.5. The summed E-state index contributed by atoms with van der Waals surface area (Å²) in [4.78, 5) is 24.3. The van der Waals surface area contributed by atoms with Crippen molar-refractivity contribution in [2.45, 2.75) is 25.0 Å². The van der Waals surface area contributed by atoms with Gasteiger partial charge in [-0.3, -0.25) is 4.90 Å². The largest absolute Gasteiger partial charge is 0.467 e. The normalized spacial score (nSPS) is 25.1. The summed E-state index contributed by atoms with van der Waals surface area (Å²) in [6, 6.07) is -0.566. The van der Waals surface area contributed by atoms with E-state index in [1.165, 1.54) is 19.1 Å². The van der Waals surface area contributed by atoms with E-state index in [1.807, 2.05) is 0 Å². The fraction of sp³-hybridized carbons (Fsp3) is 0.800. The molecule has 1 aliphatic heterocycles. The van der Waals surface area contributed by atoms with Gasteiger partial charge in [-0.15, -0.1) is 0 Å². The van der Waals surface area contributed by atoms with E-state index in [0.717, 1.165) is 6.42 Å². The van der Waals surface area contributed by atoms with Crippen LogP contribution in [-0.4, -0.2) is 57.0 Å². The average Bonchev–Trinajstić information content (AvgIpc) is 2.36. The van der Waals surface area contributed by atoms with Crippen LogP contribution < -0.4 is 0 Å². The highest BCUT2D eigenvalue weighted by Crippen LogP contribution is 2.20. The van der Waals surface area contributed by atoms with Crippen molar-refractivity contribution >= 4 is 12.1 Å². The lowest BCUT2D eigenvalue weighted by atomic mass is 10.0. The summed E-state index contributed by atoms with van der Waals surface area (Å²) < 4.78 is 14.5. The number of likely N-dealkylation sites (tertiary alicyclic amines) is 1. The van der Waals surface area contributed by atoms with E-state index >= 15 is 0 Å². The topological polar surface area (TPSA) is 65.1 Å². The van der Waals surface area contributed by atoms with E-state index in [-0.39, 0.29) is 6.10 Å². The van der Waals surface area contributed by atoms with Crippen LogP contribution in [0.15, 0.2) is 0 Å². The van der Waals surface area contributed by atoms with Crippen molar-refractivity contribution in [3.8, 4) is 0 Å². The standard InChI is InChI=1S/C10H17NO5/c1-14-7-4-5-8(9(12)15-2)11(6-7)10(13)16-3/h7-8H,4-6H2,1-3H3/t7-,8+/m1/s1.